The summed E-state index contributed by atoms with van der Waals surface area (Å²) in [7, 11) is 0. The molecule has 0 radical (unpaired) electrons. The summed E-state index contributed by atoms with van der Waals surface area (Å²) in [6, 6.07) is 1.89. The van der Waals surface area contributed by atoms with Gasteiger partial charge in [0.2, 0.25) is 0 Å². The first-order valence-electron chi connectivity index (χ1n) is 6.50. The Bertz CT molecular complexity index is 446. The third kappa shape index (κ3) is 2.72. The molecule has 3 nitrogen and oxygen atoms in total. The minimum Gasteiger partial charge on any atom is -0.392 e. The standard InChI is InChI=1S/C15H22N2O/c1-15(2,3)13-5-8-17(9-6-13)14-10-16-7-4-12(14)11-18/h4-5,7,10,18H,6,8-9,11H2,1-3H3. The molecule has 0 fully saturated rings. The van der Waals surface area contributed by atoms with Crippen LogP contribution in [0, 0.1) is 5.41 Å². The van der Waals surface area contributed by atoms with Crippen molar-refractivity contribution in [1.29, 1.82) is 0 Å². The number of anilines is 1. The van der Waals surface area contributed by atoms with Crippen LogP contribution in [0.1, 0.15) is 32.8 Å². The maximum absolute atomic E-state index is 9.36. The van der Waals surface area contributed by atoms with Gasteiger partial charge in [0.05, 0.1) is 18.5 Å². The number of aromatic nitrogens is 1. The highest BCUT2D eigenvalue weighted by Gasteiger charge is 2.22. The van der Waals surface area contributed by atoms with E-state index in [1.165, 1.54) is 5.57 Å². The van der Waals surface area contributed by atoms with Gasteiger partial charge in [-0.1, -0.05) is 32.4 Å². The van der Waals surface area contributed by atoms with Gasteiger partial charge in [-0.05, 0) is 17.9 Å². The molecule has 0 bridgehead atoms. The average Bonchev–Trinajstić information content (AvgIpc) is 2.38. The van der Waals surface area contributed by atoms with Crippen LogP contribution in [0.4, 0.5) is 5.69 Å². The molecule has 1 aliphatic rings. The van der Waals surface area contributed by atoms with Crippen LogP contribution in [0.5, 0.6) is 0 Å². The van der Waals surface area contributed by atoms with Crippen molar-refractivity contribution in [3.8, 4) is 0 Å². The van der Waals surface area contributed by atoms with Crippen molar-refractivity contribution in [3.63, 3.8) is 0 Å². The van der Waals surface area contributed by atoms with Crippen molar-refractivity contribution < 1.29 is 5.11 Å². The number of aliphatic hydroxyl groups is 1. The molecule has 0 saturated heterocycles. The lowest BCUT2D eigenvalue weighted by Gasteiger charge is -2.34. The maximum atomic E-state index is 9.36. The van der Waals surface area contributed by atoms with E-state index in [4.69, 9.17) is 0 Å². The molecule has 98 valence electrons. The number of nitrogens with zero attached hydrogens (tertiary/aromatic N) is 2. The largest absolute Gasteiger partial charge is 0.392 e. The van der Waals surface area contributed by atoms with Crippen LogP contribution < -0.4 is 4.90 Å². The zero-order valence-corrected chi connectivity index (χ0v) is 11.5. The monoisotopic (exact) mass is 246 g/mol. The maximum Gasteiger partial charge on any atom is 0.0703 e. The van der Waals surface area contributed by atoms with Gasteiger partial charge in [-0.15, -0.1) is 0 Å². The van der Waals surface area contributed by atoms with Crippen LogP contribution in [0.25, 0.3) is 0 Å². The molecule has 1 aliphatic heterocycles. The Morgan fingerprint density at radius 3 is 2.72 bits per heavy atom. The van der Waals surface area contributed by atoms with Crippen molar-refractivity contribution in [1.82, 2.24) is 4.98 Å². The molecule has 1 N–H and O–H groups in total. The number of aliphatic hydroxyl groups excluding tert-OH is 1. The second kappa shape index (κ2) is 5.11. The molecule has 1 aromatic rings. The Balaban J connectivity index is 2.17. The molecule has 0 aliphatic carbocycles. The molecule has 18 heavy (non-hydrogen) atoms. The molecule has 0 amide bonds. The van der Waals surface area contributed by atoms with Crippen molar-refractivity contribution in [3.05, 3.63) is 35.7 Å². The molecule has 0 aromatic carbocycles. The fraction of sp³-hybridized carbons (Fsp3) is 0.533. The van der Waals surface area contributed by atoms with Crippen molar-refractivity contribution in [2.75, 3.05) is 18.0 Å². The van der Waals surface area contributed by atoms with E-state index >= 15 is 0 Å². The van der Waals surface area contributed by atoms with Crippen LogP contribution in [-0.2, 0) is 6.61 Å². The lowest BCUT2D eigenvalue weighted by molar-refractivity contribution is 0.282. The third-order valence-corrected chi connectivity index (χ3v) is 3.57. The minimum atomic E-state index is 0.0736. The molecule has 1 aromatic heterocycles. The van der Waals surface area contributed by atoms with E-state index in [-0.39, 0.29) is 12.0 Å². The number of rotatable bonds is 2. The van der Waals surface area contributed by atoms with Crippen LogP contribution in [0.15, 0.2) is 30.1 Å². The van der Waals surface area contributed by atoms with Crippen LogP contribution in [0.3, 0.4) is 0 Å². The molecule has 2 heterocycles. The summed E-state index contributed by atoms with van der Waals surface area (Å²) in [4.78, 5) is 6.45. The van der Waals surface area contributed by atoms with Crippen molar-refractivity contribution in [2.45, 2.75) is 33.8 Å². The normalized spacial score (nSPS) is 16.7. The second-order valence-electron chi connectivity index (χ2n) is 5.84. The van der Waals surface area contributed by atoms with Gasteiger partial charge in [0.1, 0.15) is 0 Å². The highest BCUT2D eigenvalue weighted by atomic mass is 16.3. The summed E-state index contributed by atoms with van der Waals surface area (Å²) >= 11 is 0. The smallest absolute Gasteiger partial charge is 0.0703 e. The van der Waals surface area contributed by atoms with Gasteiger partial charge in [0.25, 0.3) is 0 Å². The van der Waals surface area contributed by atoms with Gasteiger partial charge in [-0.25, -0.2) is 0 Å². The molecule has 0 atom stereocenters. The van der Waals surface area contributed by atoms with E-state index in [1.54, 1.807) is 6.20 Å². The van der Waals surface area contributed by atoms with Crippen LogP contribution in [0.2, 0.25) is 0 Å². The lowest BCUT2D eigenvalue weighted by atomic mass is 9.83. The van der Waals surface area contributed by atoms with E-state index in [0.29, 0.717) is 0 Å². The van der Waals surface area contributed by atoms with E-state index < -0.39 is 0 Å². The number of pyridine rings is 1. The highest BCUT2D eigenvalue weighted by Crippen LogP contribution is 2.32. The van der Waals surface area contributed by atoms with Gasteiger partial charge in [-0.3, -0.25) is 4.98 Å². The lowest BCUT2D eigenvalue weighted by Crippen LogP contribution is -2.32. The highest BCUT2D eigenvalue weighted by molar-refractivity contribution is 5.53. The van der Waals surface area contributed by atoms with Gasteiger partial charge < -0.3 is 10.0 Å². The zero-order valence-electron chi connectivity index (χ0n) is 11.5. The topological polar surface area (TPSA) is 36.4 Å². The Labute approximate surface area is 109 Å². The van der Waals surface area contributed by atoms with E-state index in [1.807, 2.05) is 12.3 Å². The van der Waals surface area contributed by atoms with Gasteiger partial charge in [-0.2, -0.15) is 0 Å². The van der Waals surface area contributed by atoms with Crippen LogP contribution >= 0.6 is 0 Å². The number of hydrogen-bond donors (Lipinski definition) is 1. The van der Waals surface area contributed by atoms with E-state index in [2.05, 4.69) is 36.7 Å². The minimum absolute atomic E-state index is 0.0736. The first-order chi connectivity index (χ1) is 8.52. The second-order valence-corrected chi connectivity index (χ2v) is 5.84. The Morgan fingerprint density at radius 2 is 2.17 bits per heavy atom. The molecule has 0 saturated carbocycles. The number of hydrogen-bond acceptors (Lipinski definition) is 3. The Morgan fingerprint density at radius 1 is 1.39 bits per heavy atom. The fourth-order valence-electron chi connectivity index (χ4n) is 2.40. The molecular formula is C15H22N2O. The summed E-state index contributed by atoms with van der Waals surface area (Å²) in [5.74, 6) is 0. The molecular weight excluding hydrogens is 224 g/mol. The summed E-state index contributed by atoms with van der Waals surface area (Å²) in [5.41, 5.74) is 3.80. The molecule has 0 unspecified atom stereocenters. The van der Waals surface area contributed by atoms with Gasteiger partial charge in [0.15, 0.2) is 0 Å². The summed E-state index contributed by atoms with van der Waals surface area (Å²) < 4.78 is 0. The summed E-state index contributed by atoms with van der Waals surface area (Å²) in [6.07, 6.45) is 6.98. The van der Waals surface area contributed by atoms with Crippen LogP contribution in [-0.4, -0.2) is 23.2 Å². The Hall–Kier alpha value is -1.35. The van der Waals surface area contributed by atoms with E-state index in [9.17, 15) is 5.11 Å². The first-order valence-corrected chi connectivity index (χ1v) is 6.50. The predicted molar refractivity (Wildman–Crippen MR) is 74.5 cm³/mol. The van der Waals surface area contributed by atoms with Gasteiger partial charge >= 0.3 is 0 Å². The van der Waals surface area contributed by atoms with Crippen molar-refractivity contribution >= 4 is 5.69 Å². The first kappa shape index (κ1) is 13.1. The molecule has 2 rings (SSSR count). The van der Waals surface area contributed by atoms with E-state index in [0.717, 1.165) is 30.8 Å². The zero-order chi connectivity index (χ0) is 13.2. The Kier molecular flexibility index (Phi) is 3.71. The van der Waals surface area contributed by atoms with Crippen molar-refractivity contribution in [2.24, 2.45) is 5.41 Å². The summed E-state index contributed by atoms with van der Waals surface area (Å²) in [5, 5.41) is 9.36. The quantitative estimate of drug-likeness (QED) is 0.815. The third-order valence-electron chi connectivity index (χ3n) is 3.57. The SMILES string of the molecule is CC(C)(C)C1=CCN(c2cnccc2CO)CC1. The molecule has 0 spiro atoms. The van der Waals surface area contributed by atoms with Gasteiger partial charge in [0, 0.05) is 24.8 Å². The summed E-state index contributed by atoms with van der Waals surface area (Å²) in [6.45, 7) is 8.77. The average molecular weight is 246 g/mol. The molecule has 3 heteroatoms. The predicted octanol–water partition coefficient (Wildman–Crippen LogP) is 2.76. The fourth-order valence-corrected chi connectivity index (χ4v) is 2.40.